The summed E-state index contributed by atoms with van der Waals surface area (Å²) in [6.45, 7) is 1.18. The fraction of sp³-hybridized carbons (Fsp3) is 0.350. The first-order valence-electron chi connectivity index (χ1n) is 18.2. The number of carbonyl (C=O) groups excluding carboxylic acids is 2. The van der Waals surface area contributed by atoms with Gasteiger partial charge in [0.05, 0.1) is 66.5 Å². The molecule has 5 aromatic rings. The summed E-state index contributed by atoms with van der Waals surface area (Å²) < 4.78 is 36.1. The molecule has 17 heteroatoms. The van der Waals surface area contributed by atoms with Crippen molar-refractivity contribution >= 4 is 40.1 Å². The van der Waals surface area contributed by atoms with Crippen LogP contribution in [0.15, 0.2) is 80.6 Å². The topological polar surface area (TPSA) is 169 Å². The first-order valence-corrected chi connectivity index (χ1v) is 18.6. The number of benzene rings is 3. The Morgan fingerprint density at radius 2 is 1.72 bits per heavy atom. The lowest BCUT2D eigenvalue weighted by Gasteiger charge is -2.47. The van der Waals surface area contributed by atoms with E-state index in [4.69, 9.17) is 25.8 Å². The molecule has 0 radical (unpaired) electrons. The number of aliphatic hydroxyl groups excluding tert-OH is 1. The number of aliphatic hydroxyl groups is 1. The molecule has 3 aromatic carbocycles. The Morgan fingerprint density at radius 3 is 2.44 bits per heavy atom. The molecule has 2 aromatic heterocycles. The minimum Gasteiger partial charge on any atom is -0.493 e. The number of rotatable bonds is 10. The first kappa shape index (κ1) is 37.9. The third kappa shape index (κ3) is 5.71. The molecule has 0 unspecified atom stereocenters. The molecule has 1 aliphatic carbocycles. The highest BCUT2D eigenvalue weighted by Crippen LogP contribution is 2.62. The molecule has 1 N–H and O–H groups in total. The van der Waals surface area contributed by atoms with Crippen LogP contribution in [-0.2, 0) is 36.1 Å². The predicted molar refractivity (Wildman–Crippen MR) is 206 cm³/mol. The minimum absolute atomic E-state index is 0.0179. The number of imide groups is 1. The van der Waals surface area contributed by atoms with Crippen molar-refractivity contribution in [3.8, 4) is 17.2 Å². The summed E-state index contributed by atoms with van der Waals surface area (Å²) in [5.74, 6) is -2.48. The number of anilines is 1. The van der Waals surface area contributed by atoms with Crippen molar-refractivity contribution in [2.24, 2.45) is 18.4 Å². The fourth-order valence-electron chi connectivity index (χ4n) is 8.83. The number of hydrogen-bond donors (Lipinski definition) is 1. The van der Waals surface area contributed by atoms with E-state index in [1.165, 1.54) is 40.3 Å². The van der Waals surface area contributed by atoms with E-state index >= 15 is 0 Å². The highest BCUT2D eigenvalue weighted by Gasteiger charge is 2.65. The number of hydrogen-bond acceptors (Lipinski definition) is 10. The Morgan fingerprint density at radius 1 is 0.982 bits per heavy atom. The number of fused-ring (bicyclic) bond motifs is 5. The molecule has 0 spiro atoms. The molecule has 296 valence electrons. The van der Waals surface area contributed by atoms with Crippen LogP contribution in [0, 0.1) is 17.2 Å². The number of nitrogens with zero attached hydrogens (tertiary/aromatic N) is 6. The van der Waals surface area contributed by atoms with Crippen LogP contribution in [0.25, 0.3) is 11.0 Å². The second kappa shape index (κ2) is 14.2. The number of carbonyl (C=O) groups is 2. The highest BCUT2D eigenvalue weighted by atomic mass is 35.5. The van der Waals surface area contributed by atoms with Crippen molar-refractivity contribution in [3.63, 3.8) is 0 Å². The molecule has 1 saturated carbocycles. The minimum atomic E-state index is -1.43. The Balaban J connectivity index is 1.22. The molecule has 8 rings (SSSR count). The number of aromatic nitrogens is 5. The summed E-state index contributed by atoms with van der Waals surface area (Å²) in [5, 5.41) is 9.35. The van der Waals surface area contributed by atoms with Gasteiger partial charge in [0.25, 0.3) is 5.56 Å². The maximum Gasteiger partial charge on any atom is 0.347 e. The van der Waals surface area contributed by atoms with Crippen LogP contribution in [0.5, 0.6) is 17.2 Å². The van der Waals surface area contributed by atoms with Crippen molar-refractivity contribution in [1.82, 2.24) is 23.5 Å². The zero-order chi connectivity index (χ0) is 40.5. The quantitative estimate of drug-likeness (QED) is 0.163. The number of ether oxygens (including phenoxy) is 3. The largest absolute Gasteiger partial charge is 0.493 e. The molecule has 2 aliphatic heterocycles. The number of halogens is 2. The molecular formula is C40H38ClFN6O9. The molecule has 1 saturated heterocycles. The standard InChI is InChI=1S/C40H38ClFN6O9/c1-40-24(35(50)47(37(40)52)21-9-10-26(42)25(41)17-21)18-29-22(34(40)23-7-5-6-8-31(23)57-16-15-49)11-14-46-38(53)45(39(54)48(29)46)13-12-27-36(51)44(2)30-20-33(56-4)32(55-3)19-28(30)43-27/h5-11,17,19-20,24,29,34,49H,12-16,18H2,1-4H3/t24-,29+,34+,40+/m0/s1. The summed E-state index contributed by atoms with van der Waals surface area (Å²) in [5.41, 5.74) is -0.776. The van der Waals surface area contributed by atoms with E-state index < -0.39 is 57.9 Å². The summed E-state index contributed by atoms with van der Waals surface area (Å²) in [7, 11) is 4.56. The van der Waals surface area contributed by atoms with Crippen molar-refractivity contribution < 1.29 is 33.3 Å². The number of para-hydroxylation sites is 1. The second-order valence-corrected chi connectivity index (χ2v) is 14.8. The predicted octanol–water partition coefficient (Wildman–Crippen LogP) is 3.35. The number of aryl methyl sites for hydroxylation is 2. The normalized spacial score (nSPS) is 21.3. The van der Waals surface area contributed by atoms with E-state index in [0.717, 1.165) is 15.5 Å². The summed E-state index contributed by atoms with van der Waals surface area (Å²) >= 11 is 6.11. The zero-order valence-electron chi connectivity index (χ0n) is 31.4. The summed E-state index contributed by atoms with van der Waals surface area (Å²) in [6.07, 6.45) is 1.74. The SMILES string of the molecule is COc1cc2nc(CCn3c(=O)n4n(c3=O)[C@@H]3C[C@H]5C(=O)N(c6ccc(F)c(Cl)c6)C(=O)[C@@]5(C)[C@@H](c5ccccc5OCCO)C3=CC4)c(=O)n(C)c2cc1OC. The maximum atomic E-state index is 14.7. The fourth-order valence-corrected chi connectivity index (χ4v) is 9.00. The average Bonchev–Trinajstić information content (AvgIpc) is 3.57. The second-order valence-electron chi connectivity index (χ2n) is 14.4. The average molecular weight is 801 g/mol. The van der Waals surface area contributed by atoms with E-state index in [9.17, 15) is 33.5 Å². The lowest BCUT2D eigenvalue weighted by molar-refractivity contribution is -0.129. The van der Waals surface area contributed by atoms with Gasteiger partial charge in [0.2, 0.25) is 11.8 Å². The van der Waals surface area contributed by atoms with Crippen LogP contribution in [0.2, 0.25) is 5.02 Å². The van der Waals surface area contributed by atoms with Crippen molar-refractivity contribution in [2.45, 2.75) is 44.8 Å². The molecule has 15 nitrogen and oxygen atoms in total. The Kier molecular flexibility index (Phi) is 9.43. The van der Waals surface area contributed by atoms with Gasteiger partial charge in [0, 0.05) is 43.6 Å². The number of methoxy groups -OCH3 is 2. The van der Waals surface area contributed by atoms with Gasteiger partial charge in [-0.3, -0.25) is 14.4 Å². The Labute approximate surface area is 328 Å². The van der Waals surface area contributed by atoms with Crippen LogP contribution >= 0.6 is 11.6 Å². The summed E-state index contributed by atoms with van der Waals surface area (Å²) in [4.78, 5) is 76.7. The Bertz CT molecular complexity index is 2720. The van der Waals surface area contributed by atoms with Gasteiger partial charge < -0.3 is 23.9 Å². The lowest BCUT2D eigenvalue weighted by atomic mass is 9.56. The van der Waals surface area contributed by atoms with Crippen LogP contribution in [0.3, 0.4) is 0 Å². The van der Waals surface area contributed by atoms with Gasteiger partial charge >= 0.3 is 11.4 Å². The van der Waals surface area contributed by atoms with E-state index in [0.29, 0.717) is 39.4 Å². The zero-order valence-corrected chi connectivity index (χ0v) is 32.2. The molecule has 57 heavy (non-hydrogen) atoms. The molecular weight excluding hydrogens is 763 g/mol. The monoisotopic (exact) mass is 800 g/mol. The Hall–Kier alpha value is -6.00. The summed E-state index contributed by atoms with van der Waals surface area (Å²) in [6, 6.07) is 13.0. The lowest BCUT2D eigenvalue weighted by Crippen LogP contribution is -2.49. The van der Waals surface area contributed by atoms with E-state index in [2.05, 4.69) is 4.98 Å². The van der Waals surface area contributed by atoms with Gasteiger partial charge in [-0.15, -0.1) is 0 Å². The molecule has 2 amide bonds. The maximum absolute atomic E-state index is 14.7. The van der Waals surface area contributed by atoms with Crippen molar-refractivity contribution in [3.05, 3.63) is 120 Å². The van der Waals surface area contributed by atoms with Gasteiger partial charge in [0.1, 0.15) is 23.9 Å². The van der Waals surface area contributed by atoms with E-state index in [1.54, 1.807) is 50.4 Å². The highest BCUT2D eigenvalue weighted by molar-refractivity contribution is 6.31. The third-order valence-electron chi connectivity index (χ3n) is 11.6. The third-order valence-corrected chi connectivity index (χ3v) is 11.9. The van der Waals surface area contributed by atoms with E-state index in [1.807, 2.05) is 6.08 Å². The smallest absolute Gasteiger partial charge is 0.347 e. The van der Waals surface area contributed by atoms with Gasteiger partial charge in [-0.2, -0.15) is 0 Å². The molecule has 4 heterocycles. The van der Waals surface area contributed by atoms with Crippen molar-refractivity contribution in [1.29, 1.82) is 0 Å². The van der Waals surface area contributed by atoms with Crippen LogP contribution in [-0.4, -0.2) is 67.8 Å². The molecule has 4 atom stereocenters. The first-order chi connectivity index (χ1) is 27.3. The van der Waals surface area contributed by atoms with Crippen LogP contribution < -0.4 is 36.0 Å². The molecule has 0 bridgehead atoms. The molecule has 2 fully saturated rings. The van der Waals surface area contributed by atoms with Crippen LogP contribution in [0.4, 0.5) is 10.1 Å². The van der Waals surface area contributed by atoms with Gasteiger partial charge in [0.15, 0.2) is 11.5 Å². The van der Waals surface area contributed by atoms with Gasteiger partial charge in [-0.05, 0) is 43.2 Å². The molecule has 3 aliphatic rings. The van der Waals surface area contributed by atoms with Gasteiger partial charge in [-0.1, -0.05) is 35.9 Å². The van der Waals surface area contributed by atoms with Crippen LogP contribution in [0.1, 0.15) is 36.6 Å². The van der Waals surface area contributed by atoms with Crippen molar-refractivity contribution in [2.75, 3.05) is 32.3 Å². The number of amides is 2. The number of allylic oxidation sites excluding steroid dienone is 2. The van der Waals surface area contributed by atoms with Gasteiger partial charge in [-0.25, -0.2) is 37.8 Å². The van der Waals surface area contributed by atoms with E-state index in [-0.39, 0.29) is 55.5 Å².